The number of aromatic nitrogens is 2. The normalized spacial score (nSPS) is 29.8. The van der Waals surface area contributed by atoms with Gasteiger partial charge in [0.05, 0.1) is 16.9 Å². The number of carbonyl (C=O) groups is 1. The summed E-state index contributed by atoms with van der Waals surface area (Å²) in [6, 6.07) is 7.69. The van der Waals surface area contributed by atoms with Crippen LogP contribution in [0.25, 0.3) is 22.0 Å². The van der Waals surface area contributed by atoms with Gasteiger partial charge in [-0.1, -0.05) is 39.0 Å². The largest absolute Gasteiger partial charge is 0.508 e. The minimum absolute atomic E-state index is 0.00473. The van der Waals surface area contributed by atoms with E-state index < -0.39 is 6.17 Å². The molecule has 1 aromatic carbocycles. The molecular formula is C38H46ClFN4O3. The van der Waals surface area contributed by atoms with Crippen LogP contribution in [0.5, 0.6) is 11.6 Å². The van der Waals surface area contributed by atoms with Gasteiger partial charge in [-0.15, -0.1) is 0 Å². The molecule has 0 spiro atoms. The van der Waals surface area contributed by atoms with Gasteiger partial charge >= 0.3 is 0 Å². The number of nitrogens with zero attached hydrogens (tertiary/aromatic N) is 4. The number of hydrogen-bond acceptors (Lipinski definition) is 6. The quantitative estimate of drug-likeness (QED) is 0.258. The maximum absolute atomic E-state index is 14.5. The van der Waals surface area contributed by atoms with Crippen LogP contribution < -0.4 is 4.74 Å². The second-order valence-corrected chi connectivity index (χ2v) is 14.8. The van der Waals surface area contributed by atoms with Crippen molar-refractivity contribution in [2.45, 2.75) is 114 Å². The number of benzene rings is 1. The molecule has 1 N–H and O–H groups in total. The van der Waals surface area contributed by atoms with E-state index in [1.807, 2.05) is 31.0 Å². The van der Waals surface area contributed by atoms with E-state index >= 15 is 0 Å². The summed E-state index contributed by atoms with van der Waals surface area (Å²) in [6.45, 7) is 11.8. The number of piperidine rings is 1. The Morgan fingerprint density at radius 2 is 1.89 bits per heavy atom. The number of fused-ring (bicyclic) bond motifs is 4. The van der Waals surface area contributed by atoms with E-state index in [1.165, 1.54) is 6.08 Å². The summed E-state index contributed by atoms with van der Waals surface area (Å²) in [5.41, 5.74) is 2.99. The van der Waals surface area contributed by atoms with Crippen molar-refractivity contribution in [1.82, 2.24) is 19.8 Å². The molecule has 47 heavy (non-hydrogen) atoms. The minimum Gasteiger partial charge on any atom is -0.508 e. The van der Waals surface area contributed by atoms with Gasteiger partial charge in [0.25, 0.3) is 0 Å². The van der Waals surface area contributed by atoms with Crippen LogP contribution in [-0.2, 0) is 10.2 Å². The summed E-state index contributed by atoms with van der Waals surface area (Å²) in [7, 11) is 0. The highest BCUT2D eigenvalue weighted by molar-refractivity contribution is 6.32. The fourth-order valence-corrected chi connectivity index (χ4v) is 9.58. The number of phenols is 1. The lowest BCUT2D eigenvalue weighted by molar-refractivity contribution is -0.131. The Labute approximate surface area is 282 Å². The van der Waals surface area contributed by atoms with E-state index in [4.69, 9.17) is 26.3 Å². The number of halogens is 2. The van der Waals surface area contributed by atoms with Gasteiger partial charge in [0.2, 0.25) is 11.8 Å². The predicted octanol–water partition coefficient (Wildman–Crippen LogP) is 8.11. The first kappa shape index (κ1) is 32.3. The van der Waals surface area contributed by atoms with E-state index in [0.717, 1.165) is 91.2 Å². The second-order valence-electron chi connectivity index (χ2n) is 14.4. The van der Waals surface area contributed by atoms with E-state index in [-0.39, 0.29) is 34.7 Å². The van der Waals surface area contributed by atoms with Crippen LogP contribution >= 0.6 is 11.6 Å². The van der Waals surface area contributed by atoms with E-state index in [0.29, 0.717) is 36.4 Å². The second kappa shape index (κ2) is 12.3. The highest BCUT2D eigenvalue weighted by Crippen LogP contribution is 2.51. The van der Waals surface area contributed by atoms with Crippen LogP contribution in [0.2, 0.25) is 5.02 Å². The first-order valence-corrected chi connectivity index (χ1v) is 17.8. The summed E-state index contributed by atoms with van der Waals surface area (Å²) >= 11 is 6.66. The number of ether oxygens (including phenoxy) is 1. The van der Waals surface area contributed by atoms with Crippen molar-refractivity contribution >= 4 is 28.3 Å². The smallest absolute Gasteiger partial charge is 0.246 e. The maximum atomic E-state index is 14.5. The standard InChI is InChI=1S/C36H40ClFN4O3.C2H6/c1-3-32(44)42-24-7-8-25(42)17-35(2,16-24)34-28-18-39-30(27-13-26(43)14-29(37)33(27)21-5-6-21)11-22(28)12-31(40-34)45-20-36-9-4-10-41(36)19-23(38)15-36;1-2/h3,11-14,18,21,23-25,43H,1,4-10,15-17,19-20H2,2H3;1-2H3. The summed E-state index contributed by atoms with van der Waals surface area (Å²) in [6.07, 6.45) is 10.7. The molecule has 4 unspecified atom stereocenters. The van der Waals surface area contributed by atoms with Crippen LogP contribution in [0.1, 0.15) is 95.7 Å². The lowest BCUT2D eigenvalue weighted by atomic mass is 9.72. The third kappa shape index (κ3) is 5.69. The molecule has 250 valence electrons. The summed E-state index contributed by atoms with van der Waals surface area (Å²) in [4.78, 5) is 27.2. The topological polar surface area (TPSA) is 78.8 Å². The molecule has 1 aliphatic carbocycles. The van der Waals surface area contributed by atoms with Crippen LogP contribution in [0.3, 0.4) is 0 Å². The number of carbonyl (C=O) groups excluding carboxylic acids is 1. The molecule has 4 aliphatic heterocycles. The number of pyridine rings is 2. The molecule has 6 heterocycles. The number of aromatic hydroxyl groups is 1. The fourth-order valence-electron chi connectivity index (χ4n) is 9.21. The number of rotatable bonds is 7. The highest BCUT2D eigenvalue weighted by Gasteiger charge is 2.51. The van der Waals surface area contributed by atoms with Crippen LogP contribution in [0.15, 0.2) is 43.1 Å². The molecule has 2 aromatic heterocycles. The number of alkyl halides is 1. The Morgan fingerprint density at radius 1 is 1.15 bits per heavy atom. The maximum Gasteiger partial charge on any atom is 0.246 e. The van der Waals surface area contributed by atoms with E-state index in [2.05, 4.69) is 24.5 Å². The predicted molar refractivity (Wildman–Crippen MR) is 184 cm³/mol. The summed E-state index contributed by atoms with van der Waals surface area (Å²) < 4.78 is 21.1. The van der Waals surface area contributed by atoms with Crippen molar-refractivity contribution in [1.29, 1.82) is 0 Å². The molecule has 0 radical (unpaired) electrons. The molecule has 5 aliphatic rings. The number of amides is 1. The average molecular weight is 661 g/mol. The molecule has 1 saturated carbocycles. The van der Waals surface area contributed by atoms with Crippen LogP contribution in [0.4, 0.5) is 4.39 Å². The Kier molecular flexibility index (Phi) is 8.49. The lowest BCUT2D eigenvalue weighted by Gasteiger charge is -2.44. The third-order valence-corrected chi connectivity index (χ3v) is 11.6. The molecule has 2 bridgehead atoms. The van der Waals surface area contributed by atoms with Gasteiger partial charge in [-0.05, 0) is 99.1 Å². The van der Waals surface area contributed by atoms with Gasteiger partial charge in [-0.25, -0.2) is 9.37 Å². The minimum atomic E-state index is -0.824. The van der Waals surface area contributed by atoms with Gasteiger partial charge in [0.1, 0.15) is 18.5 Å². The molecule has 1 amide bonds. The van der Waals surface area contributed by atoms with Gasteiger partial charge < -0.3 is 14.7 Å². The third-order valence-electron chi connectivity index (χ3n) is 11.3. The zero-order valence-electron chi connectivity index (χ0n) is 27.8. The molecule has 5 fully saturated rings. The fraction of sp³-hybridized carbons (Fsp3) is 0.553. The summed E-state index contributed by atoms with van der Waals surface area (Å²) in [5.74, 6) is 1.03. The molecule has 3 aromatic rings. The SMILES string of the molecule is C=CC(=O)N1C2CCC1CC(C)(c1nc(OCC34CCCN3CC(F)C4)cc3cc(-c4cc(O)cc(Cl)c4C4CC4)ncc13)C2.CC. The molecular weight excluding hydrogens is 615 g/mol. The van der Waals surface area contributed by atoms with Crippen LogP contribution in [-0.4, -0.2) is 74.3 Å². The van der Waals surface area contributed by atoms with Crippen molar-refractivity contribution < 1.29 is 19.0 Å². The Hall–Kier alpha value is -3.23. The monoisotopic (exact) mass is 660 g/mol. The molecule has 9 heteroatoms. The number of hydrogen-bond donors (Lipinski definition) is 1. The van der Waals surface area contributed by atoms with Gasteiger partial charge in [-0.3, -0.25) is 14.7 Å². The zero-order valence-corrected chi connectivity index (χ0v) is 28.5. The Balaban J connectivity index is 0.00000172. The van der Waals surface area contributed by atoms with Gasteiger partial charge in [-0.2, -0.15) is 0 Å². The van der Waals surface area contributed by atoms with Gasteiger partial charge in [0.15, 0.2) is 0 Å². The average Bonchev–Trinajstić information content (AvgIpc) is 3.66. The summed E-state index contributed by atoms with van der Waals surface area (Å²) in [5, 5.41) is 13.0. The Morgan fingerprint density at radius 3 is 2.60 bits per heavy atom. The number of phenolic OH excluding ortho intramolecular Hbond substituents is 1. The molecule has 4 atom stereocenters. The van der Waals surface area contributed by atoms with Gasteiger partial charge in [0, 0.05) is 58.7 Å². The van der Waals surface area contributed by atoms with Crippen molar-refractivity contribution in [2.24, 2.45) is 0 Å². The van der Waals surface area contributed by atoms with Crippen molar-refractivity contribution in [3.63, 3.8) is 0 Å². The van der Waals surface area contributed by atoms with Crippen molar-refractivity contribution in [3.8, 4) is 22.9 Å². The molecule has 7 nitrogen and oxygen atoms in total. The lowest BCUT2D eigenvalue weighted by Crippen LogP contribution is -2.50. The van der Waals surface area contributed by atoms with E-state index in [1.54, 1.807) is 12.1 Å². The van der Waals surface area contributed by atoms with Crippen molar-refractivity contribution in [2.75, 3.05) is 19.7 Å². The molecule has 4 saturated heterocycles. The van der Waals surface area contributed by atoms with Crippen LogP contribution in [0, 0.1) is 0 Å². The first-order valence-electron chi connectivity index (χ1n) is 17.5. The molecule has 8 rings (SSSR count). The first-order chi connectivity index (χ1) is 22.7. The Bertz CT molecular complexity index is 1700. The van der Waals surface area contributed by atoms with E-state index in [9.17, 15) is 14.3 Å². The van der Waals surface area contributed by atoms with Crippen molar-refractivity contribution in [3.05, 3.63) is 59.4 Å². The zero-order chi connectivity index (χ0) is 33.1. The highest BCUT2D eigenvalue weighted by atomic mass is 35.5.